The van der Waals surface area contributed by atoms with E-state index in [1.165, 1.54) is 18.2 Å². The minimum absolute atomic E-state index is 0.0210. The van der Waals surface area contributed by atoms with Crippen LogP contribution in [0, 0.1) is 11.7 Å². The topological polar surface area (TPSA) is 70.0 Å². The predicted octanol–water partition coefficient (Wildman–Crippen LogP) is 5.36. The smallest absolute Gasteiger partial charge is 0.347 e. The average Bonchev–Trinajstić information content (AvgIpc) is 2.81. The SMILES string of the molecule is CN(C)CC1CCCCC1(O)c1cccc(OC(=O)c2ccc(-c3ccccc3F)cc2O)c1. The number of halogens is 1. The van der Waals surface area contributed by atoms with Gasteiger partial charge in [0.1, 0.15) is 22.9 Å². The molecule has 0 bridgehead atoms. The van der Waals surface area contributed by atoms with Gasteiger partial charge in [-0.15, -0.1) is 0 Å². The largest absolute Gasteiger partial charge is 0.507 e. The molecule has 2 unspecified atom stereocenters. The number of aromatic hydroxyl groups is 1. The number of ether oxygens (including phenoxy) is 1. The molecule has 1 saturated carbocycles. The van der Waals surface area contributed by atoms with Crippen LogP contribution in [0.2, 0.25) is 0 Å². The van der Waals surface area contributed by atoms with Crippen LogP contribution in [0.5, 0.6) is 11.5 Å². The molecule has 3 aromatic rings. The summed E-state index contributed by atoms with van der Waals surface area (Å²) in [6, 6.07) is 17.6. The molecule has 178 valence electrons. The fourth-order valence-electron chi connectivity index (χ4n) is 4.85. The van der Waals surface area contributed by atoms with Gasteiger partial charge < -0.3 is 19.8 Å². The van der Waals surface area contributed by atoms with Crippen LogP contribution in [-0.2, 0) is 5.60 Å². The van der Waals surface area contributed by atoms with Crippen LogP contribution >= 0.6 is 0 Å². The molecule has 0 aromatic heterocycles. The van der Waals surface area contributed by atoms with Crippen LogP contribution in [0.3, 0.4) is 0 Å². The standard InChI is InChI=1S/C28H30FNO4/c1-30(2)18-21-8-5-6-15-28(21,33)20-9-7-10-22(17-20)34-27(32)24-14-13-19(16-26(24)31)23-11-3-4-12-25(23)29/h3-4,7,9-14,16-17,21,31,33H,5-6,8,15,18H2,1-2H3. The van der Waals surface area contributed by atoms with E-state index in [-0.39, 0.29) is 17.2 Å². The molecular weight excluding hydrogens is 433 g/mol. The number of phenols is 1. The van der Waals surface area contributed by atoms with E-state index < -0.39 is 17.4 Å². The zero-order chi connectivity index (χ0) is 24.3. The first-order valence-corrected chi connectivity index (χ1v) is 11.6. The fourth-order valence-corrected chi connectivity index (χ4v) is 4.85. The molecule has 6 heteroatoms. The first-order chi connectivity index (χ1) is 16.3. The van der Waals surface area contributed by atoms with Crippen molar-refractivity contribution in [3.05, 3.63) is 83.7 Å². The Hall–Kier alpha value is -3.22. The Bertz CT molecular complexity index is 1180. The Balaban J connectivity index is 1.55. The summed E-state index contributed by atoms with van der Waals surface area (Å²) in [5.74, 6) is -1.06. The highest BCUT2D eigenvalue weighted by atomic mass is 19.1. The lowest BCUT2D eigenvalue weighted by atomic mass is 9.71. The summed E-state index contributed by atoms with van der Waals surface area (Å²) < 4.78 is 19.6. The number of carbonyl (C=O) groups excluding carboxylic acids is 1. The van der Waals surface area contributed by atoms with Crippen LogP contribution in [0.25, 0.3) is 11.1 Å². The van der Waals surface area contributed by atoms with E-state index in [9.17, 15) is 19.4 Å². The normalized spacial score (nSPS) is 20.3. The Morgan fingerprint density at radius 2 is 1.88 bits per heavy atom. The van der Waals surface area contributed by atoms with Crippen molar-refractivity contribution in [3.8, 4) is 22.6 Å². The minimum Gasteiger partial charge on any atom is -0.507 e. The highest BCUT2D eigenvalue weighted by Gasteiger charge is 2.40. The number of aliphatic hydroxyl groups is 1. The maximum Gasteiger partial charge on any atom is 0.347 e. The van der Waals surface area contributed by atoms with Crippen molar-refractivity contribution in [2.75, 3.05) is 20.6 Å². The molecule has 0 spiro atoms. The summed E-state index contributed by atoms with van der Waals surface area (Å²) >= 11 is 0. The molecule has 1 fully saturated rings. The molecular formula is C28H30FNO4. The number of benzene rings is 3. The lowest BCUT2D eigenvalue weighted by Gasteiger charge is -2.41. The Morgan fingerprint density at radius 1 is 1.09 bits per heavy atom. The van der Waals surface area contributed by atoms with E-state index in [2.05, 4.69) is 4.90 Å². The van der Waals surface area contributed by atoms with E-state index in [0.29, 0.717) is 23.3 Å². The molecule has 0 radical (unpaired) electrons. The van der Waals surface area contributed by atoms with Gasteiger partial charge >= 0.3 is 5.97 Å². The quantitative estimate of drug-likeness (QED) is 0.381. The van der Waals surface area contributed by atoms with E-state index >= 15 is 0 Å². The number of phenolic OH excluding ortho intramolecular Hbond substituents is 1. The van der Waals surface area contributed by atoms with Gasteiger partial charge in [-0.2, -0.15) is 0 Å². The molecule has 2 atom stereocenters. The van der Waals surface area contributed by atoms with Crippen LogP contribution in [0.15, 0.2) is 66.7 Å². The van der Waals surface area contributed by atoms with Crippen LogP contribution in [0.4, 0.5) is 4.39 Å². The number of nitrogens with zero attached hydrogens (tertiary/aromatic N) is 1. The Labute approximate surface area is 199 Å². The zero-order valence-corrected chi connectivity index (χ0v) is 19.5. The number of rotatable bonds is 6. The second-order valence-electron chi connectivity index (χ2n) is 9.26. The van der Waals surface area contributed by atoms with Gasteiger partial charge in [0.15, 0.2) is 0 Å². The number of hydrogen-bond donors (Lipinski definition) is 2. The summed E-state index contributed by atoms with van der Waals surface area (Å²) in [5.41, 5.74) is 0.504. The van der Waals surface area contributed by atoms with Crippen molar-refractivity contribution >= 4 is 5.97 Å². The molecule has 3 aromatic carbocycles. The number of hydrogen-bond acceptors (Lipinski definition) is 5. The number of carbonyl (C=O) groups is 1. The van der Waals surface area contributed by atoms with Crippen LogP contribution in [0.1, 0.15) is 41.6 Å². The van der Waals surface area contributed by atoms with Crippen molar-refractivity contribution in [2.24, 2.45) is 5.92 Å². The molecule has 1 aliphatic rings. The van der Waals surface area contributed by atoms with Gasteiger partial charge in [0.25, 0.3) is 0 Å². The minimum atomic E-state index is -0.992. The molecule has 0 saturated heterocycles. The molecule has 2 N–H and O–H groups in total. The second-order valence-corrected chi connectivity index (χ2v) is 9.26. The highest BCUT2D eigenvalue weighted by molar-refractivity contribution is 5.94. The predicted molar refractivity (Wildman–Crippen MR) is 129 cm³/mol. The van der Waals surface area contributed by atoms with Gasteiger partial charge in [0.2, 0.25) is 0 Å². The first kappa shape index (κ1) is 23.9. The van der Waals surface area contributed by atoms with Gasteiger partial charge in [0, 0.05) is 18.0 Å². The van der Waals surface area contributed by atoms with E-state index in [0.717, 1.165) is 31.4 Å². The third-order valence-corrected chi connectivity index (χ3v) is 6.57. The summed E-state index contributed by atoms with van der Waals surface area (Å²) in [7, 11) is 3.99. The molecule has 0 heterocycles. The summed E-state index contributed by atoms with van der Waals surface area (Å²) in [6.45, 7) is 0.767. The highest BCUT2D eigenvalue weighted by Crippen LogP contribution is 2.43. The van der Waals surface area contributed by atoms with Gasteiger partial charge in [0.05, 0.1) is 5.60 Å². The van der Waals surface area contributed by atoms with Crippen LogP contribution in [-0.4, -0.2) is 41.7 Å². The Morgan fingerprint density at radius 3 is 2.62 bits per heavy atom. The molecule has 5 nitrogen and oxygen atoms in total. The lowest BCUT2D eigenvalue weighted by Crippen LogP contribution is -2.43. The second kappa shape index (κ2) is 9.95. The molecule has 34 heavy (non-hydrogen) atoms. The van der Waals surface area contributed by atoms with E-state index in [1.54, 1.807) is 42.5 Å². The molecule has 4 rings (SSSR count). The van der Waals surface area contributed by atoms with E-state index in [1.807, 2.05) is 20.2 Å². The van der Waals surface area contributed by atoms with Crippen molar-refractivity contribution in [1.82, 2.24) is 4.90 Å². The summed E-state index contributed by atoms with van der Waals surface area (Å²) in [5, 5.41) is 22.0. The fraction of sp³-hybridized carbons (Fsp3) is 0.321. The van der Waals surface area contributed by atoms with Gasteiger partial charge in [-0.25, -0.2) is 9.18 Å². The average molecular weight is 464 g/mol. The molecule has 0 amide bonds. The zero-order valence-electron chi connectivity index (χ0n) is 19.5. The van der Waals surface area contributed by atoms with Gasteiger partial charge in [-0.05, 0) is 68.4 Å². The van der Waals surface area contributed by atoms with Crippen molar-refractivity contribution in [2.45, 2.75) is 31.3 Å². The monoisotopic (exact) mass is 463 g/mol. The molecule has 0 aliphatic heterocycles. The van der Waals surface area contributed by atoms with Crippen molar-refractivity contribution < 1.29 is 24.1 Å². The number of esters is 1. The van der Waals surface area contributed by atoms with E-state index in [4.69, 9.17) is 4.74 Å². The first-order valence-electron chi connectivity index (χ1n) is 11.6. The third-order valence-electron chi connectivity index (χ3n) is 6.57. The molecule has 1 aliphatic carbocycles. The maximum absolute atomic E-state index is 14.1. The Kier molecular flexibility index (Phi) is 7.00. The summed E-state index contributed by atoms with van der Waals surface area (Å²) in [4.78, 5) is 14.9. The van der Waals surface area contributed by atoms with Gasteiger partial charge in [-0.3, -0.25) is 0 Å². The maximum atomic E-state index is 14.1. The summed E-state index contributed by atoms with van der Waals surface area (Å²) in [6.07, 6.45) is 3.60. The third kappa shape index (κ3) is 4.98. The lowest BCUT2D eigenvalue weighted by molar-refractivity contribution is -0.0619. The van der Waals surface area contributed by atoms with Crippen molar-refractivity contribution in [1.29, 1.82) is 0 Å². The van der Waals surface area contributed by atoms with Crippen LogP contribution < -0.4 is 4.74 Å². The van der Waals surface area contributed by atoms with Crippen molar-refractivity contribution in [3.63, 3.8) is 0 Å². The van der Waals surface area contributed by atoms with Gasteiger partial charge in [-0.1, -0.05) is 49.2 Å².